The summed E-state index contributed by atoms with van der Waals surface area (Å²) in [6.07, 6.45) is 3.73. The standard InChI is InChI=1S/C13H20N2/c1-2-14-9-5-7-12-10-11-6-3-4-8-13(11)15-12/h3-4,6,8,12,14-15H,2,5,7,9-10H2,1H3. The number of hydrogen-bond donors (Lipinski definition) is 2. The van der Waals surface area contributed by atoms with E-state index in [1.807, 2.05) is 0 Å². The Morgan fingerprint density at radius 3 is 3.07 bits per heavy atom. The monoisotopic (exact) mass is 204 g/mol. The van der Waals surface area contributed by atoms with Crippen molar-refractivity contribution >= 4 is 5.69 Å². The van der Waals surface area contributed by atoms with E-state index in [0.29, 0.717) is 6.04 Å². The Kier molecular flexibility index (Phi) is 3.62. The Labute approximate surface area is 92.1 Å². The largest absolute Gasteiger partial charge is 0.382 e. The predicted octanol–water partition coefficient (Wildman–Crippen LogP) is 2.41. The molecule has 0 saturated heterocycles. The van der Waals surface area contributed by atoms with Crippen LogP contribution in [0.4, 0.5) is 5.69 Å². The summed E-state index contributed by atoms with van der Waals surface area (Å²) in [6.45, 7) is 4.38. The molecule has 2 rings (SSSR count). The maximum absolute atomic E-state index is 3.58. The second kappa shape index (κ2) is 5.17. The molecule has 2 heteroatoms. The van der Waals surface area contributed by atoms with Crippen molar-refractivity contribution in [1.82, 2.24) is 5.32 Å². The Balaban J connectivity index is 1.76. The second-order valence-electron chi connectivity index (χ2n) is 4.20. The predicted molar refractivity (Wildman–Crippen MR) is 65.3 cm³/mol. The van der Waals surface area contributed by atoms with E-state index >= 15 is 0 Å². The van der Waals surface area contributed by atoms with Gasteiger partial charge in [-0.3, -0.25) is 0 Å². The quantitative estimate of drug-likeness (QED) is 0.720. The van der Waals surface area contributed by atoms with E-state index in [1.165, 1.54) is 30.5 Å². The van der Waals surface area contributed by atoms with Crippen molar-refractivity contribution in [3.05, 3.63) is 29.8 Å². The number of hydrogen-bond acceptors (Lipinski definition) is 2. The van der Waals surface area contributed by atoms with E-state index in [4.69, 9.17) is 0 Å². The molecule has 0 fully saturated rings. The van der Waals surface area contributed by atoms with Crippen molar-refractivity contribution in [1.29, 1.82) is 0 Å². The molecule has 15 heavy (non-hydrogen) atoms. The zero-order chi connectivity index (χ0) is 10.5. The Morgan fingerprint density at radius 2 is 2.27 bits per heavy atom. The third kappa shape index (κ3) is 2.72. The lowest BCUT2D eigenvalue weighted by molar-refractivity contribution is 0.590. The third-order valence-electron chi connectivity index (χ3n) is 3.00. The number of nitrogens with one attached hydrogen (secondary N) is 2. The van der Waals surface area contributed by atoms with Crippen LogP contribution in [0, 0.1) is 0 Å². The first kappa shape index (κ1) is 10.5. The van der Waals surface area contributed by atoms with Gasteiger partial charge in [-0.2, -0.15) is 0 Å². The van der Waals surface area contributed by atoms with Crippen molar-refractivity contribution in [2.45, 2.75) is 32.2 Å². The van der Waals surface area contributed by atoms with Gasteiger partial charge >= 0.3 is 0 Å². The Bertz CT molecular complexity index is 284. The van der Waals surface area contributed by atoms with Crippen LogP contribution in [0.2, 0.25) is 0 Å². The van der Waals surface area contributed by atoms with Crippen LogP contribution in [-0.2, 0) is 6.42 Å². The first-order valence-corrected chi connectivity index (χ1v) is 5.95. The van der Waals surface area contributed by atoms with Gasteiger partial charge in [-0.15, -0.1) is 0 Å². The molecule has 1 atom stereocenters. The minimum Gasteiger partial charge on any atom is -0.382 e. The molecule has 0 bridgehead atoms. The normalized spacial score (nSPS) is 18.6. The summed E-state index contributed by atoms with van der Waals surface area (Å²) >= 11 is 0. The van der Waals surface area contributed by atoms with Gasteiger partial charge in [-0.25, -0.2) is 0 Å². The third-order valence-corrected chi connectivity index (χ3v) is 3.00. The van der Waals surface area contributed by atoms with Crippen LogP contribution in [0.3, 0.4) is 0 Å². The summed E-state index contributed by atoms with van der Waals surface area (Å²) in [5, 5.41) is 6.95. The zero-order valence-corrected chi connectivity index (χ0v) is 9.42. The maximum atomic E-state index is 3.58. The molecule has 0 amide bonds. The summed E-state index contributed by atoms with van der Waals surface area (Å²) in [5.41, 5.74) is 2.82. The molecule has 1 aromatic rings. The molecule has 0 spiro atoms. The molecule has 1 heterocycles. The molecular formula is C13H20N2. The Morgan fingerprint density at radius 1 is 1.40 bits per heavy atom. The van der Waals surface area contributed by atoms with Gasteiger partial charge in [-0.05, 0) is 44.0 Å². The zero-order valence-electron chi connectivity index (χ0n) is 9.42. The van der Waals surface area contributed by atoms with Crippen LogP contribution in [0.15, 0.2) is 24.3 Å². The van der Waals surface area contributed by atoms with Gasteiger partial charge in [0.05, 0.1) is 0 Å². The smallest absolute Gasteiger partial charge is 0.0375 e. The molecule has 1 aromatic carbocycles. The summed E-state index contributed by atoms with van der Waals surface area (Å²) in [7, 11) is 0. The highest BCUT2D eigenvalue weighted by Crippen LogP contribution is 2.26. The summed E-state index contributed by atoms with van der Waals surface area (Å²) in [6, 6.07) is 9.29. The van der Waals surface area contributed by atoms with Crippen LogP contribution < -0.4 is 10.6 Å². The summed E-state index contributed by atoms with van der Waals surface area (Å²) in [4.78, 5) is 0. The van der Waals surface area contributed by atoms with E-state index < -0.39 is 0 Å². The van der Waals surface area contributed by atoms with Gasteiger partial charge in [0.1, 0.15) is 0 Å². The second-order valence-corrected chi connectivity index (χ2v) is 4.20. The van der Waals surface area contributed by atoms with Crippen LogP contribution in [0.5, 0.6) is 0 Å². The van der Waals surface area contributed by atoms with Gasteiger partial charge in [0.2, 0.25) is 0 Å². The van der Waals surface area contributed by atoms with Crippen LogP contribution in [-0.4, -0.2) is 19.1 Å². The summed E-state index contributed by atoms with van der Waals surface area (Å²) < 4.78 is 0. The van der Waals surface area contributed by atoms with Gasteiger partial charge in [0.25, 0.3) is 0 Å². The molecule has 1 aliphatic heterocycles. The highest BCUT2D eigenvalue weighted by Gasteiger charge is 2.18. The molecule has 0 radical (unpaired) electrons. The number of para-hydroxylation sites is 1. The number of benzene rings is 1. The van der Waals surface area contributed by atoms with Crippen LogP contribution in [0.1, 0.15) is 25.3 Å². The van der Waals surface area contributed by atoms with E-state index in [1.54, 1.807) is 0 Å². The lowest BCUT2D eigenvalue weighted by atomic mass is 10.1. The summed E-state index contributed by atoms with van der Waals surface area (Å²) in [5.74, 6) is 0. The van der Waals surface area contributed by atoms with E-state index in [0.717, 1.165) is 13.1 Å². The van der Waals surface area contributed by atoms with Gasteiger partial charge in [-0.1, -0.05) is 25.1 Å². The fourth-order valence-corrected chi connectivity index (χ4v) is 2.20. The van der Waals surface area contributed by atoms with Crippen molar-refractivity contribution in [2.75, 3.05) is 18.4 Å². The lowest BCUT2D eigenvalue weighted by Crippen LogP contribution is -2.20. The minimum absolute atomic E-state index is 0.654. The van der Waals surface area contributed by atoms with Gasteiger partial charge in [0, 0.05) is 11.7 Å². The lowest BCUT2D eigenvalue weighted by Gasteiger charge is -2.10. The van der Waals surface area contributed by atoms with Crippen LogP contribution >= 0.6 is 0 Å². The first-order valence-electron chi connectivity index (χ1n) is 5.95. The fraction of sp³-hybridized carbons (Fsp3) is 0.538. The minimum atomic E-state index is 0.654. The highest BCUT2D eigenvalue weighted by molar-refractivity contribution is 5.56. The van der Waals surface area contributed by atoms with E-state index in [9.17, 15) is 0 Å². The molecule has 2 N–H and O–H groups in total. The molecule has 0 saturated carbocycles. The molecule has 0 aromatic heterocycles. The van der Waals surface area contributed by atoms with E-state index in [2.05, 4.69) is 41.8 Å². The van der Waals surface area contributed by atoms with Gasteiger partial charge < -0.3 is 10.6 Å². The molecule has 0 aliphatic carbocycles. The van der Waals surface area contributed by atoms with E-state index in [-0.39, 0.29) is 0 Å². The van der Waals surface area contributed by atoms with Crippen molar-refractivity contribution < 1.29 is 0 Å². The topological polar surface area (TPSA) is 24.1 Å². The van der Waals surface area contributed by atoms with Crippen LogP contribution in [0.25, 0.3) is 0 Å². The van der Waals surface area contributed by atoms with Crippen molar-refractivity contribution in [3.8, 4) is 0 Å². The van der Waals surface area contributed by atoms with Crippen molar-refractivity contribution in [3.63, 3.8) is 0 Å². The molecule has 82 valence electrons. The number of anilines is 1. The first-order chi connectivity index (χ1) is 7.40. The molecule has 2 nitrogen and oxygen atoms in total. The molecular weight excluding hydrogens is 184 g/mol. The Hall–Kier alpha value is -1.02. The average molecular weight is 204 g/mol. The number of rotatable bonds is 5. The maximum Gasteiger partial charge on any atom is 0.0375 e. The fourth-order valence-electron chi connectivity index (χ4n) is 2.20. The SMILES string of the molecule is CCNCCCC1Cc2ccccc2N1. The average Bonchev–Trinajstić information content (AvgIpc) is 2.67. The highest BCUT2D eigenvalue weighted by atomic mass is 14.9. The molecule has 1 aliphatic rings. The molecule has 1 unspecified atom stereocenters. The van der Waals surface area contributed by atoms with Crippen molar-refractivity contribution in [2.24, 2.45) is 0 Å². The van der Waals surface area contributed by atoms with Gasteiger partial charge in [0.15, 0.2) is 0 Å². The number of fused-ring (bicyclic) bond motifs is 1.